The molecule has 5 nitrogen and oxygen atoms in total. The molecule has 3 rings (SSSR count). The summed E-state index contributed by atoms with van der Waals surface area (Å²) in [6, 6.07) is 19.3. The number of carbonyl (C=O) groups is 1. The zero-order valence-corrected chi connectivity index (χ0v) is 19.5. The lowest BCUT2D eigenvalue weighted by molar-refractivity contribution is 0.0697. The molecule has 162 valence electrons. The molecule has 0 aromatic heterocycles. The number of hydrogen-bond acceptors (Lipinski definition) is 4. The number of halogens is 2. The molecule has 0 heterocycles. The Kier molecular flexibility index (Phi) is 7.93. The third-order valence-corrected chi connectivity index (χ3v) is 5.62. The van der Waals surface area contributed by atoms with Crippen LogP contribution in [0.5, 0.6) is 11.5 Å². The van der Waals surface area contributed by atoms with Gasteiger partial charge in [-0.25, -0.2) is 4.79 Å². The van der Waals surface area contributed by atoms with Gasteiger partial charge in [-0.15, -0.1) is 0 Å². The molecule has 0 saturated heterocycles. The minimum absolute atomic E-state index is 0.158. The van der Waals surface area contributed by atoms with Crippen molar-refractivity contribution < 1.29 is 19.4 Å². The summed E-state index contributed by atoms with van der Waals surface area (Å²) < 4.78 is 12.4. The Bertz CT molecular complexity index is 1200. The van der Waals surface area contributed by atoms with Crippen LogP contribution in [0, 0.1) is 11.3 Å². The molecule has 0 aliphatic rings. The molecule has 1 N–H and O–H groups in total. The number of rotatable bonds is 8. The molecule has 7 heteroatoms. The Labute approximate surface area is 199 Å². The van der Waals surface area contributed by atoms with E-state index in [1.54, 1.807) is 36.4 Å². The molecule has 3 aromatic rings. The topological polar surface area (TPSA) is 79.5 Å². The van der Waals surface area contributed by atoms with Crippen LogP contribution in [0.4, 0.5) is 0 Å². The molecule has 0 spiro atoms. The minimum atomic E-state index is -1.02. The van der Waals surface area contributed by atoms with Crippen LogP contribution < -0.4 is 9.47 Å². The average molecular weight is 513 g/mol. The van der Waals surface area contributed by atoms with Crippen LogP contribution in [0.3, 0.4) is 0 Å². The molecule has 32 heavy (non-hydrogen) atoms. The number of ether oxygens (including phenoxy) is 2. The van der Waals surface area contributed by atoms with Crippen LogP contribution in [0.25, 0.3) is 11.6 Å². The van der Waals surface area contributed by atoms with Gasteiger partial charge in [-0.1, -0.05) is 57.9 Å². The highest BCUT2D eigenvalue weighted by atomic mass is 79.9. The standard InChI is InChI=1S/C25H19BrClNO4/c1-2-31-23-12-19(11-20(14-28)16-7-9-17(10-8-16)25(29)30)21(26)13-24(23)32-15-18-5-3-4-6-22(18)27/h3-13H,2,15H2,1H3,(H,29,30)/b20-11-. The summed E-state index contributed by atoms with van der Waals surface area (Å²) in [5.74, 6) is 0.0585. The lowest BCUT2D eigenvalue weighted by Gasteiger charge is -2.15. The van der Waals surface area contributed by atoms with Crippen molar-refractivity contribution in [3.8, 4) is 17.6 Å². The molecule has 0 aliphatic carbocycles. The SMILES string of the molecule is CCOc1cc(/C=C(/C#N)c2ccc(C(=O)O)cc2)c(Br)cc1OCc1ccccc1Cl. The van der Waals surface area contributed by atoms with Crippen molar-refractivity contribution in [3.05, 3.63) is 92.4 Å². The second kappa shape index (κ2) is 10.9. The molecule has 0 saturated carbocycles. The summed E-state index contributed by atoms with van der Waals surface area (Å²) >= 11 is 9.76. The number of carboxylic acid groups (broad SMARTS) is 1. The number of aromatic carboxylic acids is 1. The van der Waals surface area contributed by atoms with Crippen LogP contribution in [0.1, 0.15) is 34.0 Å². The lowest BCUT2D eigenvalue weighted by atomic mass is 10.0. The minimum Gasteiger partial charge on any atom is -0.490 e. The number of allylic oxidation sites excluding steroid dienone is 1. The highest BCUT2D eigenvalue weighted by molar-refractivity contribution is 9.10. The van der Waals surface area contributed by atoms with Crippen molar-refractivity contribution in [1.82, 2.24) is 0 Å². The van der Waals surface area contributed by atoms with Gasteiger partial charge >= 0.3 is 5.97 Å². The first kappa shape index (κ1) is 23.4. The monoisotopic (exact) mass is 511 g/mol. The fourth-order valence-electron chi connectivity index (χ4n) is 2.94. The second-order valence-corrected chi connectivity index (χ2v) is 7.95. The number of benzene rings is 3. The van der Waals surface area contributed by atoms with Crippen LogP contribution in [0.15, 0.2) is 65.1 Å². The van der Waals surface area contributed by atoms with Gasteiger partial charge in [0.15, 0.2) is 11.5 Å². The molecule has 3 aromatic carbocycles. The quantitative estimate of drug-likeness (QED) is 0.264. The highest BCUT2D eigenvalue weighted by Gasteiger charge is 2.13. The summed E-state index contributed by atoms with van der Waals surface area (Å²) in [5, 5.41) is 19.3. The van der Waals surface area contributed by atoms with E-state index < -0.39 is 5.97 Å². The zero-order chi connectivity index (χ0) is 23.1. The summed E-state index contributed by atoms with van der Waals surface area (Å²) in [6.07, 6.45) is 1.71. The van der Waals surface area contributed by atoms with E-state index in [9.17, 15) is 10.1 Å². The lowest BCUT2D eigenvalue weighted by Crippen LogP contribution is -2.01. The van der Waals surface area contributed by atoms with Gasteiger partial charge in [-0.2, -0.15) is 5.26 Å². The third-order valence-electron chi connectivity index (χ3n) is 4.57. The van der Waals surface area contributed by atoms with Gasteiger partial charge in [0, 0.05) is 15.1 Å². The van der Waals surface area contributed by atoms with Crippen molar-refractivity contribution in [2.24, 2.45) is 0 Å². The zero-order valence-electron chi connectivity index (χ0n) is 17.1. The molecule has 0 bridgehead atoms. The maximum Gasteiger partial charge on any atom is 0.335 e. The molecular weight excluding hydrogens is 494 g/mol. The second-order valence-electron chi connectivity index (χ2n) is 6.69. The van der Waals surface area contributed by atoms with E-state index in [2.05, 4.69) is 22.0 Å². The molecule has 0 fully saturated rings. The van der Waals surface area contributed by atoms with Gasteiger partial charge < -0.3 is 14.6 Å². The summed E-state index contributed by atoms with van der Waals surface area (Å²) in [6.45, 7) is 2.59. The van der Waals surface area contributed by atoms with E-state index in [-0.39, 0.29) is 12.2 Å². The van der Waals surface area contributed by atoms with Crippen molar-refractivity contribution in [2.45, 2.75) is 13.5 Å². The fraction of sp³-hybridized carbons (Fsp3) is 0.120. The number of hydrogen-bond donors (Lipinski definition) is 1. The largest absolute Gasteiger partial charge is 0.490 e. The van der Waals surface area contributed by atoms with Crippen molar-refractivity contribution in [3.63, 3.8) is 0 Å². The molecule has 0 aliphatic heterocycles. The Hall–Kier alpha value is -3.27. The van der Waals surface area contributed by atoms with E-state index in [4.69, 9.17) is 26.2 Å². The molecule has 0 amide bonds. The van der Waals surface area contributed by atoms with Crippen LogP contribution in [0.2, 0.25) is 5.02 Å². The van der Waals surface area contributed by atoms with Crippen molar-refractivity contribution in [1.29, 1.82) is 5.26 Å². The predicted molar refractivity (Wildman–Crippen MR) is 128 cm³/mol. The summed E-state index contributed by atoms with van der Waals surface area (Å²) in [5.41, 5.74) is 2.73. The maximum absolute atomic E-state index is 11.1. The normalized spacial score (nSPS) is 11.0. The van der Waals surface area contributed by atoms with Gasteiger partial charge in [0.05, 0.1) is 23.8 Å². The first-order valence-corrected chi connectivity index (χ1v) is 10.9. The third kappa shape index (κ3) is 5.70. The Morgan fingerprint density at radius 3 is 2.38 bits per heavy atom. The van der Waals surface area contributed by atoms with E-state index in [1.807, 2.05) is 25.1 Å². The van der Waals surface area contributed by atoms with E-state index in [1.165, 1.54) is 12.1 Å². The molecule has 0 radical (unpaired) electrons. The maximum atomic E-state index is 11.1. The molecule has 0 unspecified atom stereocenters. The van der Waals surface area contributed by atoms with Crippen LogP contribution >= 0.6 is 27.5 Å². The Morgan fingerprint density at radius 2 is 1.75 bits per heavy atom. The van der Waals surface area contributed by atoms with Crippen molar-refractivity contribution >= 4 is 45.1 Å². The van der Waals surface area contributed by atoms with Crippen LogP contribution in [-0.4, -0.2) is 17.7 Å². The number of carboxylic acids is 1. The van der Waals surface area contributed by atoms with Gasteiger partial charge in [0.2, 0.25) is 0 Å². The highest BCUT2D eigenvalue weighted by Crippen LogP contribution is 2.36. The van der Waals surface area contributed by atoms with Gasteiger partial charge in [0.1, 0.15) is 6.61 Å². The summed E-state index contributed by atoms with van der Waals surface area (Å²) in [4.78, 5) is 11.1. The first-order chi connectivity index (χ1) is 15.4. The number of nitriles is 1. The van der Waals surface area contributed by atoms with E-state index in [0.717, 1.165) is 11.1 Å². The van der Waals surface area contributed by atoms with Gasteiger partial charge in [-0.05, 0) is 54.5 Å². The average Bonchev–Trinajstić information content (AvgIpc) is 2.79. The molecule has 0 atom stereocenters. The van der Waals surface area contributed by atoms with E-state index in [0.29, 0.717) is 38.7 Å². The predicted octanol–water partition coefficient (Wildman–Crippen LogP) is 6.84. The van der Waals surface area contributed by atoms with Gasteiger partial charge in [-0.3, -0.25) is 0 Å². The number of nitrogens with zero attached hydrogens (tertiary/aromatic N) is 1. The smallest absolute Gasteiger partial charge is 0.335 e. The first-order valence-electron chi connectivity index (χ1n) is 9.71. The Balaban J connectivity index is 1.92. The summed E-state index contributed by atoms with van der Waals surface area (Å²) in [7, 11) is 0. The van der Waals surface area contributed by atoms with Crippen molar-refractivity contribution in [2.75, 3.05) is 6.61 Å². The van der Waals surface area contributed by atoms with Crippen LogP contribution in [-0.2, 0) is 6.61 Å². The van der Waals surface area contributed by atoms with Gasteiger partial charge in [0.25, 0.3) is 0 Å². The Morgan fingerprint density at radius 1 is 1.09 bits per heavy atom. The fourth-order valence-corrected chi connectivity index (χ4v) is 3.57. The van der Waals surface area contributed by atoms with E-state index >= 15 is 0 Å². The molecular formula is C25H19BrClNO4.